The molecule has 0 spiro atoms. The SMILES string of the molecule is CC(=O)c1ccc(Nc2nccc(C(=O)NC3CCCCCC3)n2)cc1. The summed E-state index contributed by atoms with van der Waals surface area (Å²) in [5, 5.41) is 6.16. The largest absolute Gasteiger partial charge is 0.348 e. The van der Waals surface area contributed by atoms with E-state index in [1.54, 1.807) is 36.5 Å². The fourth-order valence-corrected chi connectivity index (χ4v) is 3.15. The molecular weight excluding hydrogens is 328 g/mol. The van der Waals surface area contributed by atoms with Crippen molar-refractivity contribution in [3.8, 4) is 0 Å². The molecule has 1 aromatic heterocycles. The van der Waals surface area contributed by atoms with Gasteiger partial charge >= 0.3 is 0 Å². The maximum absolute atomic E-state index is 12.5. The van der Waals surface area contributed by atoms with Crippen molar-refractivity contribution in [2.45, 2.75) is 51.5 Å². The third kappa shape index (κ3) is 4.88. The number of carbonyl (C=O) groups excluding carboxylic acids is 2. The molecule has 136 valence electrons. The van der Waals surface area contributed by atoms with Crippen LogP contribution in [0.15, 0.2) is 36.5 Å². The standard InChI is InChI=1S/C20H24N4O2/c1-14(25)15-8-10-17(11-9-15)23-20-21-13-12-18(24-20)19(26)22-16-6-4-2-3-5-7-16/h8-13,16H,2-7H2,1H3,(H,22,26)(H,21,23,24). The van der Waals surface area contributed by atoms with Crippen molar-refractivity contribution in [1.82, 2.24) is 15.3 Å². The van der Waals surface area contributed by atoms with Gasteiger partial charge in [-0.05, 0) is 50.1 Å². The van der Waals surface area contributed by atoms with E-state index in [1.165, 1.54) is 19.8 Å². The van der Waals surface area contributed by atoms with E-state index in [0.29, 0.717) is 17.2 Å². The molecule has 1 heterocycles. The lowest BCUT2D eigenvalue weighted by atomic mass is 10.1. The van der Waals surface area contributed by atoms with Gasteiger partial charge in [-0.25, -0.2) is 9.97 Å². The molecule has 6 nitrogen and oxygen atoms in total. The average molecular weight is 352 g/mol. The quantitative estimate of drug-likeness (QED) is 0.630. The number of Topliss-reactive ketones (excluding diaryl/α,β-unsaturated/α-hetero) is 1. The Labute approximate surface area is 153 Å². The second kappa shape index (κ2) is 8.56. The maximum atomic E-state index is 12.5. The first-order valence-electron chi connectivity index (χ1n) is 9.14. The van der Waals surface area contributed by atoms with Crippen molar-refractivity contribution in [3.63, 3.8) is 0 Å². The van der Waals surface area contributed by atoms with Gasteiger partial charge in [-0.3, -0.25) is 9.59 Å². The minimum absolute atomic E-state index is 0.0185. The minimum atomic E-state index is -0.158. The minimum Gasteiger partial charge on any atom is -0.348 e. The van der Waals surface area contributed by atoms with Crippen LogP contribution in [0.4, 0.5) is 11.6 Å². The van der Waals surface area contributed by atoms with Crippen LogP contribution in [0.2, 0.25) is 0 Å². The average Bonchev–Trinajstić information content (AvgIpc) is 2.91. The Hall–Kier alpha value is -2.76. The number of rotatable bonds is 5. The number of aromatic nitrogens is 2. The molecule has 0 unspecified atom stereocenters. The molecular formula is C20H24N4O2. The molecule has 1 aliphatic rings. The van der Waals surface area contributed by atoms with Gasteiger partial charge in [0.2, 0.25) is 5.95 Å². The molecule has 2 aromatic rings. The highest BCUT2D eigenvalue weighted by Crippen LogP contribution is 2.18. The Morgan fingerprint density at radius 2 is 1.69 bits per heavy atom. The summed E-state index contributed by atoms with van der Waals surface area (Å²) in [6.07, 6.45) is 8.46. The Morgan fingerprint density at radius 3 is 2.35 bits per heavy atom. The zero-order valence-electron chi connectivity index (χ0n) is 15.0. The lowest BCUT2D eigenvalue weighted by molar-refractivity contribution is 0.0927. The molecule has 0 atom stereocenters. The van der Waals surface area contributed by atoms with Crippen molar-refractivity contribution in [2.24, 2.45) is 0 Å². The Morgan fingerprint density at radius 1 is 1.00 bits per heavy atom. The highest BCUT2D eigenvalue weighted by Gasteiger charge is 2.17. The van der Waals surface area contributed by atoms with Crippen molar-refractivity contribution in [2.75, 3.05) is 5.32 Å². The number of anilines is 2. The molecule has 6 heteroatoms. The van der Waals surface area contributed by atoms with Gasteiger partial charge in [0.1, 0.15) is 5.69 Å². The second-order valence-corrected chi connectivity index (χ2v) is 6.69. The van der Waals surface area contributed by atoms with Crippen LogP contribution in [-0.2, 0) is 0 Å². The van der Waals surface area contributed by atoms with E-state index in [-0.39, 0.29) is 17.7 Å². The van der Waals surface area contributed by atoms with Gasteiger partial charge in [0.05, 0.1) is 0 Å². The molecule has 1 fully saturated rings. The number of hydrogen-bond acceptors (Lipinski definition) is 5. The van der Waals surface area contributed by atoms with Crippen LogP contribution in [0.5, 0.6) is 0 Å². The lowest BCUT2D eigenvalue weighted by Gasteiger charge is -2.16. The van der Waals surface area contributed by atoms with Gasteiger partial charge in [-0.2, -0.15) is 0 Å². The van der Waals surface area contributed by atoms with Crippen LogP contribution < -0.4 is 10.6 Å². The van der Waals surface area contributed by atoms with Crippen LogP contribution in [0, 0.1) is 0 Å². The summed E-state index contributed by atoms with van der Waals surface area (Å²) >= 11 is 0. The summed E-state index contributed by atoms with van der Waals surface area (Å²) in [4.78, 5) is 32.3. The van der Waals surface area contributed by atoms with Crippen molar-refractivity contribution in [1.29, 1.82) is 0 Å². The summed E-state index contributed by atoms with van der Waals surface area (Å²) < 4.78 is 0. The molecule has 1 aromatic carbocycles. The van der Waals surface area contributed by atoms with Gasteiger partial charge in [0.25, 0.3) is 5.91 Å². The van der Waals surface area contributed by atoms with Crippen LogP contribution in [-0.4, -0.2) is 27.7 Å². The smallest absolute Gasteiger partial charge is 0.270 e. The molecule has 3 rings (SSSR count). The predicted molar refractivity (Wildman–Crippen MR) is 101 cm³/mol. The number of ketones is 1. The van der Waals surface area contributed by atoms with Gasteiger partial charge < -0.3 is 10.6 Å². The highest BCUT2D eigenvalue weighted by atomic mass is 16.2. The molecule has 0 bridgehead atoms. The molecule has 2 N–H and O–H groups in total. The first kappa shape index (κ1) is 18.0. The number of nitrogens with one attached hydrogen (secondary N) is 2. The summed E-state index contributed by atoms with van der Waals surface area (Å²) in [7, 11) is 0. The van der Waals surface area contributed by atoms with Gasteiger partial charge in [-0.15, -0.1) is 0 Å². The molecule has 0 saturated heterocycles. The molecule has 1 saturated carbocycles. The van der Waals surface area contributed by atoms with E-state index in [1.807, 2.05) is 0 Å². The zero-order valence-corrected chi connectivity index (χ0v) is 15.0. The van der Waals surface area contributed by atoms with Gasteiger partial charge in [0.15, 0.2) is 5.78 Å². The topological polar surface area (TPSA) is 84.0 Å². The summed E-state index contributed by atoms with van der Waals surface area (Å²) in [6, 6.07) is 8.92. The van der Waals surface area contributed by atoms with Crippen molar-refractivity contribution < 1.29 is 9.59 Å². The maximum Gasteiger partial charge on any atom is 0.270 e. The van der Waals surface area contributed by atoms with Gasteiger partial charge in [0, 0.05) is 23.5 Å². The monoisotopic (exact) mass is 352 g/mol. The lowest BCUT2D eigenvalue weighted by Crippen LogP contribution is -2.35. The van der Waals surface area contributed by atoms with Gasteiger partial charge in [-0.1, -0.05) is 25.7 Å². The van der Waals surface area contributed by atoms with Crippen LogP contribution in [0.25, 0.3) is 0 Å². The number of nitrogens with zero attached hydrogens (tertiary/aromatic N) is 2. The number of carbonyl (C=O) groups is 2. The molecule has 0 radical (unpaired) electrons. The highest BCUT2D eigenvalue weighted by molar-refractivity contribution is 5.94. The Kier molecular flexibility index (Phi) is 5.94. The first-order chi connectivity index (χ1) is 12.6. The number of benzene rings is 1. The normalized spacial score (nSPS) is 15.1. The van der Waals surface area contributed by atoms with Crippen molar-refractivity contribution in [3.05, 3.63) is 47.8 Å². The van der Waals surface area contributed by atoms with E-state index < -0.39 is 0 Å². The van der Waals surface area contributed by atoms with E-state index >= 15 is 0 Å². The van der Waals surface area contributed by atoms with E-state index in [2.05, 4.69) is 20.6 Å². The van der Waals surface area contributed by atoms with Crippen LogP contribution >= 0.6 is 0 Å². The summed E-state index contributed by atoms with van der Waals surface area (Å²) in [6.45, 7) is 1.53. The molecule has 1 amide bonds. The first-order valence-corrected chi connectivity index (χ1v) is 9.14. The predicted octanol–water partition coefficient (Wildman–Crippen LogP) is 3.88. The number of amides is 1. The van der Waals surface area contributed by atoms with Crippen molar-refractivity contribution >= 4 is 23.3 Å². The van der Waals surface area contributed by atoms with E-state index in [0.717, 1.165) is 31.4 Å². The summed E-state index contributed by atoms with van der Waals surface area (Å²) in [5.41, 5.74) is 1.76. The number of hydrogen-bond donors (Lipinski definition) is 2. The zero-order chi connectivity index (χ0) is 18.4. The summed E-state index contributed by atoms with van der Waals surface area (Å²) in [5.74, 6) is 0.216. The second-order valence-electron chi connectivity index (χ2n) is 6.69. The van der Waals surface area contributed by atoms with Crippen LogP contribution in [0.1, 0.15) is 66.3 Å². The Bertz CT molecular complexity index is 766. The third-order valence-corrected chi connectivity index (χ3v) is 4.63. The third-order valence-electron chi connectivity index (χ3n) is 4.63. The fraction of sp³-hybridized carbons (Fsp3) is 0.400. The molecule has 26 heavy (non-hydrogen) atoms. The van der Waals surface area contributed by atoms with E-state index in [4.69, 9.17) is 0 Å². The molecule has 0 aliphatic heterocycles. The Balaban J connectivity index is 1.65. The fourth-order valence-electron chi connectivity index (χ4n) is 3.15. The van der Waals surface area contributed by atoms with Crippen LogP contribution in [0.3, 0.4) is 0 Å². The van der Waals surface area contributed by atoms with E-state index in [9.17, 15) is 9.59 Å². The molecule has 1 aliphatic carbocycles.